The predicted molar refractivity (Wildman–Crippen MR) is 93.3 cm³/mol. The van der Waals surface area contributed by atoms with Gasteiger partial charge in [-0.2, -0.15) is 0 Å². The molecule has 2 N–H and O–H groups in total. The van der Waals surface area contributed by atoms with Gasteiger partial charge in [-0.25, -0.2) is 0 Å². The smallest absolute Gasteiger partial charge is 0.238 e. The number of rotatable bonds is 5. The molecule has 1 atom stereocenters. The van der Waals surface area contributed by atoms with Crippen molar-refractivity contribution in [3.05, 3.63) is 28.2 Å². The first-order valence-electron chi connectivity index (χ1n) is 8.13. The number of benzene rings is 1. The third-order valence-electron chi connectivity index (χ3n) is 4.34. The van der Waals surface area contributed by atoms with Crippen molar-refractivity contribution < 1.29 is 9.59 Å². The maximum atomic E-state index is 12.3. The fourth-order valence-electron chi connectivity index (χ4n) is 2.93. The average Bonchev–Trinajstić information content (AvgIpc) is 3.18. The van der Waals surface area contributed by atoms with E-state index in [1.165, 1.54) is 0 Å². The quantitative estimate of drug-likeness (QED) is 0.825. The molecule has 1 aliphatic carbocycles. The van der Waals surface area contributed by atoms with Gasteiger partial charge in [0.25, 0.3) is 0 Å². The molecule has 1 aromatic rings. The second-order valence-corrected chi connectivity index (χ2v) is 7.30. The molecule has 0 radical (unpaired) electrons. The van der Waals surface area contributed by atoms with Crippen molar-refractivity contribution in [3.63, 3.8) is 0 Å². The lowest BCUT2D eigenvalue weighted by Crippen LogP contribution is -2.46. The van der Waals surface area contributed by atoms with Crippen LogP contribution < -0.4 is 10.6 Å². The fraction of sp³-hybridized carbons (Fsp3) is 0.529. The Morgan fingerprint density at radius 2 is 2.09 bits per heavy atom. The molecule has 2 aliphatic rings. The van der Waals surface area contributed by atoms with E-state index < -0.39 is 0 Å². The minimum atomic E-state index is -0.164. The maximum Gasteiger partial charge on any atom is 0.238 e. The summed E-state index contributed by atoms with van der Waals surface area (Å²) in [5.74, 6) is -0.00464. The fourth-order valence-corrected chi connectivity index (χ4v) is 3.53. The van der Waals surface area contributed by atoms with E-state index in [-0.39, 0.29) is 24.4 Å². The number of halogens is 1. The number of nitrogens with zero attached hydrogens (tertiary/aromatic N) is 1. The summed E-state index contributed by atoms with van der Waals surface area (Å²) in [5.41, 5.74) is 1.89. The van der Waals surface area contributed by atoms with Gasteiger partial charge in [0, 0.05) is 10.5 Å². The molecule has 1 heterocycles. The summed E-state index contributed by atoms with van der Waals surface area (Å²) < 4.78 is 0.871. The number of hydrogen-bond acceptors (Lipinski definition) is 3. The molecular formula is C17H22BrN3O2. The zero-order valence-electron chi connectivity index (χ0n) is 13.3. The Hall–Kier alpha value is -1.40. The Balaban J connectivity index is 1.56. The molecule has 5 nitrogen and oxygen atoms in total. The Bertz CT molecular complexity index is 616. The van der Waals surface area contributed by atoms with Gasteiger partial charge in [0.1, 0.15) is 0 Å². The van der Waals surface area contributed by atoms with Crippen LogP contribution >= 0.6 is 15.9 Å². The first-order valence-corrected chi connectivity index (χ1v) is 8.92. The van der Waals surface area contributed by atoms with Crippen molar-refractivity contribution in [3.8, 4) is 0 Å². The van der Waals surface area contributed by atoms with E-state index in [4.69, 9.17) is 0 Å². The molecule has 1 saturated carbocycles. The Labute approximate surface area is 144 Å². The second-order valence-electron chi connectivity index (χ2n) is 6.44. The third-order valence-corrected chi connectivity index (χ3v) is 4.99. The number of carbonyl (C=O) groups is 2. The van der Waals surface area contributed by atoms with Crippen LogP contribution in [0.25, 0.3) is 0 Å². The molecule has 6 heteroatoms. The summed E-state index contributed by atoms with van der Waals surface area (Å²) in [7, 11) is 0. The lowest BCUT2D eigenvalue weighted by Gasteiger charge is -2.23. The number of anilines is 1. The molecule has 3 rings (SSSR count). The van der Waals surface area contributed by atoms with Gasteiger partial charge in [-0.05, 0) is 72.8 Å². The van der Waals surface area contributed by atoms with Crippen LogP contribution in [-0.2, 0) is 9.59 Å². The van der Waals surface area contributed by atoms with E-state index >= 15 is 0 Å². The summed E-state index contributed by atoms with van der Waals surface area (Å²) in [4.78, 5) is 26.5. The molecule has 0 spiro atoms. The average molecular weight is 380 g/mol. The van der Waals surface area contributed by atoms with Crippen LogP contribution in [0.5, 0.6) is 0 Å². The first-order chi connectivity index (χ1) is 11.0. The molecular weight excluding hydrogens is 358 g/mol. The molecule has 1 aliphatic heterocycles. The maximum absolute atomic E-state index is 12.3. The molecule has 2 amide bonds. The van der Waals surface area contributed by atoms with E-state index in [1.54, 1.807) is 0 Å². The van der Waals surface area contributed by atoms with Gasteiger partial charge in [0.15, 0.2) is 0 Å². The van der Waals surface area contributed by atoms with Gasteiger partial charge >= 0.3 is 0 Å². The molecule has 0 unspecified atom stereocenters. The summed E-state index contributed by atoms with van der Waals surface area (Å²) in [5, 5.41) is 5.96. The van der Waals surface area contributed by atoms with E-state index in [0.717, 1.165) is 48.0 Å². The predicted octanol–water partition coefficient (Wildman–Crippen LogP) is 2.44. The van der Waals surface area contributed by atoms with Crippen LogP contribution in [0.2, 0.25) is 0 Å². The molecule has 1 saturated heterocycles. The second kappa shape index (κ2) is 7.01. The van der Waals surface area contributed by atoms with Crippen molar-refractivity contribution in [1.29, 1.82) is 0 Å². The lowest BCUT2D eigenvalue weighted by molar-refractivity contribution is -0.126. The Kier molecular flexibility index (Phi) is 5.02. The zero-order valence-corrected chi connectivity index (χ0v) is 14.9. The SMILES string of the molecule is Cc1ccc(NC(=O)CN2CCC[C@@H]2C(=O)NC2CC2)c(Br)c1. The minimum Gasteiger partial charge on any atom is -0.352 e. The number of amides is 2. The summed E-state index contributed by atoms with van der Waals surface area (Å²) >= 11 is 3.47. The first kappa shape index (κ1) is 16.5. The highest BCUT2D eigenvalue weighted by Crippen LogP contribution is 2.24. The number of nitrogens with one attached hydrogen (secondary N) is 2. The summed E-state index contributed by atoms with van der Waals surface area (Å²) in [6.45, 7) is 3.05. The van der Waals surface area contributed by atoms with Gasteiger partial charge in [-0.3, -0.25) is 14.5 Å². The van der Waals surface area contributed by atoms with Crippen LogP contribution in [0.1, 0.15) is 31.2 Å². The van der Waals surface area contributed by atoms with Gasteiger partial charge in [-0.1, -0.05) is 6.07 Å². The molecule has 124 valence electrons. The lowest BCUT2D eigenvalue weighted by atomic mass is 10.2. The van der Waals surface area contributed by atoms with E-state index in [9.17, 15) is 9.59 Å². The van der Waals surface area contributed by atoms with Crippen LogP contribution in [-0.4, -0.2) is 41.9 Å². The molecule has 23 heavy (non-hydrogen) atoms. The Morgan fingerprint density at radius 1 is 1.30 bits per heavy atom. The standard InChI is InChI=1S/C17H22BrN3O2/c1-11-4-7-14(13(18)9-11)20-16(22)10-21-8-2-3-15(21)17(23)19-12-5-6-12/h4,7,9,12,15H,2-3,5-6,8,10H2,1H3,(H,19,23)(H,20,22)/t15-/m1/s1. The number of carbonyl (C=O) groups excluding carboxylic acids is 2. The zero-order chi connectivity index (χ0) is 16.4. The monoisotopic (exact) mass is 379 g/mol. The van der Waals surface area contributed by atoms with Crippen LogP contribution in [0.3, 0.4) is 0 Å². The third kappa shape index (κ3) is 4.32. The van der Waals surface area contributed by atoms with E-state index in [2.05, 4.69) is 26.6 Å². The van der Waals surface area contributed by atoms with Crippen molar-refractivity contribution in [1.82, 2.24) is 10.2 Å². The Morgan fingerprint density at radius 3 is 2.78 bits per heavy atom. The van der Waals surface area contributed by atoms with Crippen molar-refractivity contribution in [2.24, 2.45) is 0 Å². The highest BCUT2D eigenvalue weighted by atomic mass is 79.9. The van der Waals surface area contributed by atoms with Crippen LogP contribution in [0.4, 0.5) is 5.69 Å². The van der Waals surface area contributed by atoms with Crippen molar-refractivity contribution >= 4 is 33.4 Å². The van der Waals surface area contributed by atoms with Gasteiger partial charge in [-0.15, -0.1) is 0 Å². The van der Waals surface area contributed by atoms with Crippen molar-refractivity contribution in [2.75, 3.05) is 18.4 Å². The summed E-state index contributed by atoms with van der Waals surface area (Å²) in [6.07, 6.45) is 3.96. The summed E-state index contributed by atoms with van der Waals surface area (Å²) in [6, 6.07) is 6.02. The van der Waals surface area contributed by atoms with Gasteiger partial charge in [0.05, 0.1) is 18.3 Å². The number of likely N-dealkylation sites (tertiary alicyclic amines) is 1. The normalized spacial score (nSPS) is 21.2. The van der Waals surface area contributed by atoms with E-state index in [1.807, 2.05) is 30.0 Å². The molecule has 2 fully saturated rings. The van der Waals surface area contributed by atoms with Gasteiger partial charge < -0.3 is 10.6 Å². The topological polar surface area (TPSA) is 61.4 Å². The number of aryl methyl sites for hydroxylation is 1. The molecule has 1 aromatic carbocycles. The number of hydrogen-bond donors (Lipinski definition) is 2. The highest BCUT2D eigenvalue weighted by Gasteiger charge is 2.34. The van der Waals surface area contributed by atoms with Crippen LogP contribution in [0, 0.1) is 6.92 Å². The molecule has 0 aromatic heterocycles. The van der Waals surface area contributed by atoms with E-state index in [0.29, 0.717) is 6.04 Å². The van der Waals surface area contributed by atoms with Crippen LogP contribution in [0.15, 0.2) is 22.7 Å². The largest absolute Gasteiger partial charge is 0.352 e. The van der Waals surface area contributed by atoms with Gasteiger partial charge in [0.2, 0.25) is 11.8 Å². The molecule has 0 bridgehead atoms. The van der Waals surface area contributed by atoms with Crippen molar-refractivity contribution in [2.45, 2.75) is 44.7 Å². The minimum absolute atomic E-state index is 0.0781. The highest BCUT2D eigenvalue weighted by molar-refractivity contribution is 9.10.